The molecule has 3 aromatic rings. The maximum atomic E-state index is 13.2. The first-order valence-corrected chi connectivity index (χ1v) is 12.9. The molecule has 0 spiro atoms. The van der Waals surface area contributed by atoms with Gasteiger partial charge < -0.3 is 10.2 Å². The molecular formula is C20H20ClN3O3S3. The molecule has 0 atom stereocenters. The van der Waals surface area contributed by atoms with Crippen LogP contribution in [0, 0.1) is 0 Å². The summed E-state index contributed by atoms with van der Waals surface area (Å²) in [5.74, 6) is -0.364. The zero-order valence-corrected chi connectivity index (χ0v) is 19.2. The van der Waals surface area contributed by atoms with Crippen LogP contribution >= 0.6 is 34.3 Å². The molecule has 30 heavy (non-hydrogen) atoms. The Kier molecular flexibility index (Phi) is 6.45. The topological polar surface area (TPSA) is 69.7 Å². The molecule has 0 radical (unpaired) electrons. The van der Waals surface area contributed by atoms with E-state index in [1.807, 2.05) is 41.8 Å². The molecule has 0 saturated carbocycles. The molecule has 4 rings (SSSR count). The lowest BCUT2D eigenvalue weighted by molar-refractivity contribution is 0.0952. The van der Waals surface area contributed by atoms with Crippen LogP contribution in [0.2, 0.25) is 5.02 Å². The summed E-state index contributed by atoms with van der Waals surface area (Å²) in [5, 5.41) is 7.07. The van der Waals surface area contributed by atoms with Gasteiger partial charge in [-0.15, -0.1) is 22.7 Å². The average Bonchev–Trinajstić information content (AvgIpc) is 3.45. The number of benzene rings is 1. The van der Waals surface area contributed by atoms with Crippen LogP contribution in [0.25, 0.3) is 0 Å². The summed E-state index contributed by atoms with van der Waals surface area (Å²) in [6, 6.07) is 12.9. The third kappa shape index (κ3) is 4.55. The van der Waals surface area contributed by atoms with E-state index >= 15 is 0 Å². The Morgan fingerprint density at radius 3 is 2.40 bits per heavy atom. The summed E-state index contributed by atoms with van der Waals surface area (Å²) >= 11 is 8.64. The zero-order valence-electron chi connectivity index (χ0n) is 16.0. The number of sulfonamides is 1. The number of halogens is 1. The molecule has 158 valence electrons. The van der Waals surface area contributed by atoms with Gasteiger partial charge in [0, 0.05) is 41.8 Å². The molecular weight excluding hydrogens is 462 g/mol. The minimum atomic E-state index is -3.74. The Morgan fingerprint density at radius 2 is 1.73 bits per heavy atom. The third-order valence-electron chi connectivity index (χ3n) is 4.89. The van der Waals surface area contributed by atoms with Crippen molar-refractivity contribution < 1.29 is 13.2 Å². The maximum Gasteiger partial charge on any atom is 0.263 e. The summed E-state index contributed by atoms with van der Waals surface area (Å²) in [6.45, 7) is 2.25. The highest BCUT2D eigenvalue weighted by Crippen LogP contribution is 2.27. The molecule has 1 amide bonds. The van der Waals surface area contributed by atoms with Crippen LogP contribution < -0.4 is 10.2 Å². The molecule has 1 N–H and O–H groups in total. The number of thiophene rings is 2. The van der Waals surface area contributed by atoms with E-state index in [0.717, 1.165) is 21.9 Å². The fourth-order valence-electron chi connectivity index (χ4n) is 3.30. The largest absolute Gasteiger partial charge is 0.369 e. The Bertz CT molecular complexity index is 1100. The lowest BCUT2D eigenvalue weighted by Crippen LogP contribution is -2.48. The highest BCUT2D eigenvalue weighted by atomic mass is 35.5. The van der Waals surface area contributed by atoms with Gasteiger partial charge in [-0.05, 0) is 47.2 Å². The van der Waals surface area contributed by atoms with E-state index in [2.05, 4.69) is 10.2 Å². The Morgan fingerprint density at radius 1 is 1.00 bits per heavy atom. The van der Waals surface area contributed by atoms with Gasteiger partial charge in [0.2, 0.25) is 10.0 Å². The number of carbonyl (C=O) groups is 1. The molecule has 0 unspecified atom stereocenters. The number of nitrogens with one attached hydrogen (secondary N) is 1. The van der Waals surface area contributed by atoms with E-state index < -0.39 is 10.0 Å². The standard InChI is InChI=1S/C20H20ClN3O3S3/c21-15-3-5-16(6-4-15)23-8-10-24(11-9-23)30(26,27)18-7-13-29-19(18)20(25)22-14-17-2-1-12-28-17/h1-7,12-13H,8-11,14H2,(H,22,25). The third-order valence-corrected chi connectivity index (χ3v) is 9.00. The van der Waals surface area contributed by atoms with Gasteiger partial charge in [0.15, 0.2) is 0 Å². The van der Waals surface area contributed by atoms with Crippen molar-refractivity contribution in [1.82, 2.24) is 9.62 Å². The highest BCUT2D eigenvalue weighted by molar-refractivity contribution is 7.89. The second kappa shape index (κ2) is 9.07. The quantitative estimate of drug-likeness (QED) is 0.579. The Labute approximate surface area is 188 Å². The number of carbonyl (C=O) groups excluding carboxylic acids is 1. The van der Waals surface area contributed by atoms with Crippen LogP contribution in [-0.4, -0.2) is 44.8 Å². The van der Waals surface area contributed by atoms with Crippen molar-refractivity contribution in [3.63, 3.8) is 0 Å². The second-order valence-electron chi connectivity index (χ2n) is 6.74. The lowest BCUT2D eigenvalue weighted by Gasteiger charge is -2.35. The van der Waals surface area contributed by atoms with Crippen LogP contribution in [0.1, 0.15) is 14.5 Å². The average molecular weight is 482 g/mol. The maximum absolute atomic E-state index is 13.2. The number of hydrogen-bond donors (Lipinski definition) is 1. The van der Waals surface area contributed by atoms with Gasteiger partial charge in [-0.1, -0.05) is 17.7 Å². The van der Waals surface area contributed by atoms with E-state index in [-0.39, 0.29) is 15.7 Å². The first-order chi connectivity index (χ1) is 14.4. The predicted molar refractivity (Wildman–Crippen MR) is 122 cm³/mol. The minimum absolute atomic E-state index is 0.0797. The molecule has 3 heterocycles. The number of amides is 1. The van der Waals surface area contributed by atoms with E-state index in [4.69, 9.17) is 11.6 Å². The molecule has 0 aliphatic carbocycles. The van der Waals surface area contributed by atoms with Crippen LogP contribution in [0.3, 0.4) is 0 Å². The highest BCUT2D eigenvalue weighted by Gasteiger charge is 2.32. The van der Waals surface area contributed by atoms with Gasteiger partial charge in [-0.3, -0.25) is 4.79 Å². The number of anilines is 1. The van der Waals surface area contributed by atoms with Gasteiger partial charge in [-0.25, -0.2) is 8.42 Å². The van der Waals surface area contributed by atoms with Crippen molar-refractivity contribution in [3.05, 3.63) is 68.0 Å². The van der Waals surface area contributed by atoms with Gasteiger partial charge >= 0.3 is 0 Å². The number of nitrogens with zero attached hydrogens (tertiary/aromatic N) is 2. The normalized spacial score (nSPS) is 15.3. The smallest absolute Gasteiger partial charge is 0.263 e. The van der Waals surface area contributed by atoms with E-state index in [9.17, 15) is 13.2 Å². The van der Waals surface area contributed by atoms with Crippen LogP contribution in [0.4, 0.5) is 5.69 Å². The first kappa shape index (κ1) is 21.3. The Balaban J connectivity index is 1.43. The minimum Gasteiger partial charge on any atom is -0.369 e. The van der Waals surface area contributed by atoms with Crippen LogP contribution in [0.15, 0.2) is 58.1 Å². The zero-order chi connectivity index (χ0) is 21.1. The van der Waals surface area contributed by atoms with E-state index in [1.54, 1.807) is 16.7 Å². The fraction of sp³-hybridized carbons (Fsp3) is 0.250. The van der Waals surface area contributed by atoms with Crippen molar-refractivity contribution >= 4 is 55.9 Å². The lowest BCUT2D eigenvalue weighted by atomic mass is 10.2. The molecule has 1 aromatic carbocycles. The summed E-state index contributed by atoms with van der Waals surface area (Å²) in [7, 11) is -3.74. The fourth-order valence-corrected chi connectivity index (χ4v) is 6.81. The molecule has 10 heteroatoms. The van der Waals surface area contributed by atoms with Gasteiger partial charge in [0.25, 0.3) is 5.91 Å². The summed E-state index contributed by atoms with van der Waals surface area (Å²) in [5.41, 5.74) is 1.01. The van der Waals surface area contributed by atoms with Crippen molar-refractivity contribution in [1.29, 1.82) is 0 Å². The summed E-state index contributed by atoms with van der Waals surface area (Å²) in [6.07, 6.45) is 0. The van der Waals surface area contributed by atoms with Crippen molar-refractivity contribution in [3.8, 4) is 0 Å². The number of piperazine rings is 1. The van der Waals surface area contributed by atoms with E-state index in [0.29, 0.717) is 37.7 Å². The van der Waals surface area contributed by atoms with Crippen molar-refractivity contribution in [2.24, 2.45) is 0 Å². The predicted octanol–water partition coefficient (Wildman–Crippen LogP) is 3.90. The van der Waals surface area contributed by atoms with E-state index in [1.165, 1.54) is 10.4 Å². The SMILES string of the molecule is O=C(NCc1cccs1)c1sccc1S(=O)(=O)N1CCN(c2ccc(Cl)cc2)CC1. The van der Waals surface area contributed by atoms with Crippen molar-refractivity contribution in [2.45, 2.75) is 11.4 Å². The second-order valence-corrected chi connectivity index (χ2v) is 11.0. The molecule has 2 aromatic heterocycles. The van der Waals surface area contributed by atoms with Crippen molar-refractivity contribution in [2.75, 3.05) is 31.1 Å². The molecule has 0 bridgehead atoms. The first-order valence-electron chi connectivity index (χ1n) is 9.34. The summed E-state index contributed by atoms with van der Waals surface area (Å²) < 4.78 is 27.9. The molecule has 1 aliphatic heterocycles. The number of hydrogen-bond acceptors (Lipinski definition) is 6. The van der Waals surface area contributed by atoms with Gasteiger partial charge in [0.1, 0.15) is 9.77 Å². The van der Waals surface area contributed by atoms with Crippen LogP contribution in [0.5, 0.6) is 0 Å². The van der Waals surface area contributed by atoms with Gasteiger partial charge in [0.05, 0.1) is 6.54 Å². The van der Waals surface area contributed by atoms with Gasteiger partial charge in [-0.2, -0.15) is 4.31 Å². The number of rotatable bonds is 6. The Hall–Kier alpha value is -1.91. The van der Waals surface area contributed by atoms with Crippen LogP contribution in [-0.2, 0) is 16.6 Å². The molecule has 1 saturated heterocycles. The monoisotopic (exact) mass is 481 g/mol. The molecule has 1 fully saturated rings. The molecule has 6 nitrogen and oxygen atoms in total. The summed E-state index contributed by atoms with van der Waals surface area (Å²) in [4.78, 5) is 16.1. The molecule has 1 aliphatic rings.